The maximum absolute atomic E-state index is 11.9. The van der Waals surface area contributed by atoms with Crippen molar-refractivity contribution in [2.24, 2.45) is 0 Å². The van der Waals surface area contributed by atoms with E-state index in [1.54, 1.807) is 12.1 Å². The number of nitrogens with one attached hydrogen (secondary N) is 2. The molecule has 1 aliphatic rings. The fourth-order valence-electron chi connectivity index (χ4n) is 1.97. The molecular formula is C13H20N4O. The second-order valence-electron chi connectivity index (χ2n) is 5.10. The molecule has 0 bridgehead atoms. The van der Waals surface area contributed by atoms with Crippen molar-refractivity contribution >= 4 is 11.7 Å². The Kier molecular flexibility index (Phi) is 3.79. The molecule has 0 aromatic carbocycles. The summed E-state index contributed by atoms with van der Waals surface area (Å²) in [6.45, 7) is 5.01. The average molecular weight is 248 g/mol. The highest BCUT2D eigenvalue weighted by Gasteiger charge is 2.33. The van der Waals surface area contributed by atoms with Gasteiger partial charge in [0.1, 0.15) is 5.82 Å². The first-order chi connectivity index (χ1) is 8.63. The van der Waals surface area contributed by atoms with E-state index in [0.717, 1.165) is 25.8 Å². The second-order valence-corrected chi connectivity index (χ2v) is 5.10. The van der Waals surface area contributed by atoms with Gasteiger partial charge in [0.2, 0.25) is 0 Å². The fraction of sp³-hybridized carbons (Fsp3) is 0.615. The lowest BCUT2D eigenvalue weighted by atomic mass is 9.78. The van der Waals surface area contributed by atoms with Crippen molar-refractivity contribution in [1.29, 1.82) is 0 Å². The Balaban J connectivity index is 1.94. The van der Waals surface area contributed by atoms with E-state index in [1.807, 2.05) is 0 Å². The van der Waals surface area contributed by atoms with Gasteiger partial charge in [-0.15, -0.1) is 10.2 Å². The summed E-state index contributed by atoms with van der Waals surface area (Å²) < 4.78 is 0. The van der Waals surface area contributed by atoms with Crippen molar-refractivity contribution in [3.8, 4) is 0 Å². The van der Waals surface area contributed by atoms with Crippen molar-refractivity contribution < 1.29 is 4.79 Å². The summed E-state index contributed by atoms with van der Waals surface area (Å²) in [5.74, 6) is 0.579. The summed E-state index contributed by atoms with van der Waals surface area (Å²) >= 11 is 0. The molecule has 1 fully saturated rings. The van der Waals surface area contributed by atoms with Gasteiger partial charge in [-0.05, 0) is 44.7 Å². The van der Waals surface area contributed by atoms with Crippen LogP contribution in [0.4, 0.5) is 5.82 Å². The second kappa shape index (κ2) is 5.33. The molecular weight excluding hydrogens is 228 g/mol. The van der Waals surface area contributed by atoms with Crippen LogP contribution in [0.3, 0.4) is 0 Å². The predicted molar refractivity (Wildman–Crippen MR) is 70.5 cm³/mol. The highest BCUT2D eigenvalue weighted by Crippen LogP contribution is 2.31. The van der Waals surface area contributed by atoms with Crippen LogP contribution in [-0.4, -0.2) is 28.2 Å². The van der Waals surface area contributed by atoms with Crippen LogP contribution in [0.5, 0.6) is 0 Å². The minimum absolute atomic E-state index is 0.0438. The lowest BCUT2D eigenvalue weighted by molar-refractivity contribution is 0.0844. The maximum atomic E-state index is 11.9. The Morgan fingerprint density at radius 1 is 1.39 bits per heavy atom. The van der Waals surface area contributed by atoms with Gasteiger partial charge in [0, 0.05) is 12.1 Å². The van der Waals surface area contributed by atoms with E-state index in [1.165, 1.54) is 6.42 Å². The van der Waals surface area contributed by atoms with Crippen LogP contribution in [0.1, 0.15) is 50.0 Å². The number of hydrogen-bond acceptors (Lipinski definition) is 4. The third kappa shape index (κ3) is 2.97. The molecule has 1 aromatic heterocycles. The highest BCUT2D eigenvalue weighted by molar-refractivity contribution is 5.92. The Hall–Kier alpha value is -1.65. The first-order valence-corrected chi connectivity index (χ1v) is 6.53. The molecule has 2 rings (SSSR count). The Morgan fingerprint density at radius 3 is 2.67 bits per heavy atom. The zero-order chi connectivity index (χ0) is 13.0. The minimum Gasteiger partial charge on any atom is -0.369 e. The first kappa shape index (κ1) is 12.8. The third-order valence-corrected chi connectivity index (χ3v) is 3.33. The molecule has 0 aliphatic heterocycles. The van der Waals surface area contributed by atoms with Crippen molar-refractivity contribution in [1.82, 2.24) is 15.5 Å². The zero-order valence-corrected chi connectivity index (χ0v) is 11.0. The normalized spacial score (nSPS) is 16.8. The van der Waals surface area contributed by atoms with Crippen molar-refractivity contribution in [2.75, 3.05) is 11.9 Å². The molecule has 1 aromatic rings. The van der Waals surface area contributed by atoms with E-state index < -0.39 is 0 Å². The average Bonchev–Trinajstić information content (AvgIpc) is 2.35. The molecule has 0 radical (unpaired) electrons. The minimum atomic E-state index is -0.133. The number of rotatable bonds is 5. The smallest absolute Gasteiger partial charge is 0.272 e. The quantitative estimate of drug-likeness (QED) is 0.836. The van der Waals surface area contributed by atoms with Crippen LogP contribution in [-0.2, 0) is 0 Å². The lowest BCUT2D eigenvalue weighted by Gasteiger charge is -2.38. The highest BCUT2D eigenvalue weighted by atomic mass is 16.2. The van der Waals surface area contributed by atoms with Crippen molar-refractivity contribution in [3.05, 3.63) is 17.8 Å². The fourth-order valence-corrected chi connectivity index (χ4v) is 1.97. The molecule has 1 amide bonds. The zero-order valence-electron chi connectivity index (χ0n) is 11.0. The molecule has 0 saturated heterocycles. The van der Waals surface area contributed by atoms with E-state index in [0.29, 0.717) is 11.5 Å². The number of carbonyl (C=O) groups is 1. The number of nitrogens with zero attached hydrogens (tertiary/aromatic N) is 2. The SMILES string of the molecule is CCCNc1ccc(C(=O)NC2(C)CCC2)nn1. The van der Waals surface area contributed by atoms with Gasteiger partial charge in [-0.1, -0.05) is 6.92 Å². The van der Waals surface area contributed by atoms with Gasteiger partial charge < -0.3 is 10.6 Å². The molecule has 18 heavy (non-hydrogen) atoms. The van der Waals surface area contributed by atoms with Gasteiger partial charge in [-0.25, -0.2) is 0 Å². The molecule has 5 nitrogen and oxygen atoms in total. The summed E-state index contributed by atoms with van der Waals surface area (Å²) in [5.41, 5.74) is 0.336. The molecule has 5 heteroatoms. The monoisotopic (exact) mass is 248 g/mol. The van der Waals surface area contributed by atoms with Crippen molar-refractivity contribution in [3.63, 3.8) is 0 Å². The summed E-state index contributed by atoms with van der Waals surface area (Å²) in [6.07, 6.45) is 4.30. The maximum Gasteiger partial charge on any atom is 0.272 e. The number of hydrogen-bond donors (Lipinski definition) is 2. The molecule has 1 aliphatic carbocycles. The van der Waals surface area contributed by atoms with Crippen LogP contribution in [0.2, 0.25) is 0 Å². The van der Waals surface area contributed by atoms with Gasteiger partial charge >= 0.3 is 0 Å². The van der Waals surface area contributed by atoms with E-state index >= 15 is 0 Å². The third-order valence-electron chi connectivity index (χ3n) is 3.33. The molecule has 1 saturated carbocycles. The van der Waals surface area contributed by atoms with Gasteiger partial charge in [-0.3, -0.25) is 4.79 Å². The number of amides is 1. The molecule has 0 unspecified atom stereocenters. The Bertz CT molecular complexity index is 412. The molecule has 1 heterocycles. The summed E-state index contributed by atoms with van der Waals surface area (Å²) in [6, 6.07) is 3.50. The largest absolute Gasteiger partial charge is 0.369 e. The Morgan fingerprint density at radius 2 is 2.17 bits per heavy atom. The van der Waals surface area contributed by atoms with E-state index in [2.05, 4.69) is 34.7 Å². The first-order valence-electron chi connectivity index (χ1n) is 6.53. The van der Waals surface area contributed by atoms with E-state index in [9.17, 15) is 4.79 Å². The molecule has 98 valence electrons. The summed E-state index contributed by atoms with van der Waals surface area (Å²) in [7, 11) is 0. The molecule has 0 spiro atoms. The van der Waals surface area contributed by atoms with Crippen molar-refractivity contribution in [2.45, 2.75) is 45.1 Å². The van der Waals surface area contributed by atoms with Gasteiger partial charge in [0.15, 0.2) is 5.69 Å². The summed E-state index contributed by atoms with van der Waals surface area (Å²) in [5, 5.41) is 14.1. The number of aromatic nitrogens is 2. The van der Waals surface area contributed by atoms with E-state index in [-0.39, 0.29) is 11.4 Å². The topological polar surface area (TPSA) is 66.9 Å². The van der Waals surface area contributed by atoms with Crippen LogP contribution < -0.4 is 10.6 Å². The standard InChI is InChI=1S/C13H20N4O/c1-3-9-14-11-6-5-10(16-17-11)12(18)15-13(2)7-4-8-13/h5-6H,3-4,7-9H2,1-2H3,(H,14,17)(H,15,18). The number of carbonyl (C=O) groups excluding carboxylic acids is 1. The predicted octanol–water partition coefficient (Wildman–Crippen LogP) is 1.97. The Labute approximate surface area is 107 Å². The summed E-state index contributed by atoms with van der Waals surface area (Å²) in [4.78, 5) is 11.9. The molecule has 0 atom stereocenters. The van der Waals surface area contributed by atoms with Crippen LogP contribution in [0.15, 0.2) is 12.1 Å². The van der Waals surface area contributed by atoms with Gasteiger partial charge in [0.05, 0.1) is 0 Å². The van der Waals surface area contributed by atoms with Gasteiger partial charge in [0.25, 0.3) is 5.91 Å². The van der Waals surface area contributed by atoms with Crippen LogP contribution in [0.25, 0.3) is 0 Å². The van der Waals surface area contributed by atoms with Crippen LogP contribution in [0, 0.1) is 0 Å². The van der Waals surface area contributed by atoms with Crippen LogP contribution >= 0.6 is 0 Å². The van der Waals surface area contributed by atoms with Gasteiger partial charge in [-0.2, -0.15) is 0 Å². The lowest BCUT2D eigenvalue weighted by Crippen LogP contribution is -2.51. The van der Waals surface area contributed by atoms with E-state index in [4.69, 9.17) is 0 Å². The number of anilines is 1. The molecule has 2 N–H and O–H groups in total.